The molecule has 2 heterocycles. The second kappa shape index (κ2) is 13.6. The van der Waals surface area contributed by atoms with Crippen LogP contribution in [0.1, 0.15) is 43.5 Å². The maximum absolute atomic E-state index is 14.6. The predicted molar refractivity (Wildman–Crippen MR) is 197 cm³/mol. The normalized spacial score (nSPS) is 14.5. The topological polar surface area (TPSA) is 73.1 Å². The molecule has 0 fully saturated rings. The number of aromatic nitrogens is 1. The van der Waals surface area contributed by atoms with E-state index in [9.17, 15) is 9.59 Å². The number of hydrogen-bond donors (Lipinski definition) is 0. The third kappa shape index (κ3) is 5.82. The maximum Gasteiger partial charge on any atom is 0.271 e. The van der Waals surface area contributed by atoms with Crippen molar-refractivity contribution in [2.45, 2.75) is 33.4 Å². The fraction of sp³-hybridized carbons (Fsp3) is 0.195. The number of benzene rings is 5. The minimum Gasteiger partial charge on any atom is -0.496 e. The summed E-state index contributed by atoms with van der Waals surface area (Å²) >= 11 is 1.31. The molecule has 0 bridgehead atoms. The molecule has 49 heavy (non-hydrogen) atoms. The average Bonchev–Trinajstić information content (AvgIpc) is 3.44. The van der Waals surface area contributed by atoms with Gasteiger partial charge in [0.1, 0.15) is 24.1 Å². The fourth-order valence-corrected chi connectivity index (χ4v) is 7.77. The molecule has 0 radical (unpaired) electrons. The Kier molecular flexibility index (Phi) is 8.89. The zero-order chi connectivity index (χ0) is 34.1. The van der Waals surface area contributed by atoms with E-state index in [1.807, 2.05) is 106 Å². The third-order valence-corrected chi connectivity index (χ3v) is 10.2. The maximum atomic E-state index is 14.6. The average molecular weight is 668 g/mol. The van der Waals surface area contributed by atoms with E-state index in [1.165, 1.54) is 11.3 Å². The molecule has 6 aromatic rings. The Balaban J connectivity index is 1.38. The Morgan fingerprint density at radius 1 is 0.857 bits per heavy atom. The minimum atomic E-state index is -0.745. The highest BCUT2D eigenvalue weighted by molar-refractivity contribution is 7.07. The molecule has 0 unspecified atom stereocenters. The van der Waals surface area contributed by atoms with Gasteiger partial charge in [-0.2, -0.15) is 0 Å². The van der Waals surface area contributed by atoms with Crippen LogP contribution in [0, 0.1) is 0 Å². The van der Waals surface area contributed by atoms with E-state index in [1.54, 1.807) is 16.6 Å². The smallest absolute Gasteiger partial charge is 0.271 e. The summed E-state index contributed by atoms with van der Waals surface area (Å²) in [6, 6.07) is 33.3. The van der Waals surface area contributed by atoms with Crippen LogP contribution in [0.25, 0.3) is 27.6 Å². The Hall–Kier alpha value is -5.47. The summed E-state index contributed by atoms with van der Waals surface area (Å²) in [5.74, 6) is 1.12. The molecular weight excluding hydrogens is 631 g/mol. The molecular formula is C41H37N3O4S. The van der Waals surface area contributed by atoms with Gasteiger partial charge in [0.25, 0.3) is 11.5 Å². The molecule has 0 N–H and O–H groups in total. The van der Waals surface area contributed by atoms with Crippen molar-refractivity contribution in [3.8, 4) is 11.5 Å². The van der Waals surface area contributed by atoms with Crippen molar-refractivity contribution in [3.05, 3.63) is 151 Å². The number of fused-ring (bicyclic) bond motifs is 3. The number of allylic oxidation sites excluding steroid dienone is 1. The number of rotatable bonds is 9. The number of carbonyl (C=O) groups is 1. The summed E-state index contributed by atoms with van der Waals surface area (Å²) in [6.07, 6.45) is 1.87. The van der Waals surface area contributed by atoms with Crippen molar-refractivity contribution in [2.75, 3.05) is 20.2 Å². The molecule has 246 valence electrons. The van der Waals surface area contributed by atoms with E-state index in [0.717, 1.165) is 38.2 Å². The number of hydrogen-bond acceptors (Lipinski definition) is 6. The van der Waals surface area contributed by atoms with Crippen molar-refractivity contribution in [2.24, 2.45) is 4.99 Å². The summed E-state index contributed by atoms with van der Waals surface area (Å²) in [5.41, 5.74) is 3.45. The lowest BCUT2D eigenvalue weighted by Crippen LogP contribution is -2.43. The van der Waals surface area contributed by atoms with Crippen LogP contribution in [0.4, 0.5) is 0 Å². The molecule has 0 spiro atoms. The monoisotopic (exact) mass is 667 g/mol. The standard InChI is InChI=1S/C41H37N3O4S/c1-5-43(6-2)40(46)36-26(3)42-41-44(38(36)37-32-20-11-8-15-28(32)22-23-34(37)47-4)39(45)35(49-41)24-29-16-9-12-21-33(29)48-25-30-18-13-17-27-14-7-10-19-31(27)30/h7-24,38H,5-6,25H2,1-4H3/b35-24+/t38-/m1/s1. The van der Waals surface area contributed by atoms with Gasteiger partial charge in [0.05, 0.1) is 22.9 Å². The van der Waals surface area contributed by atoms with Crippen molar-refractivity contribution in [3.63, 3.8) is 0 Å². The SMILES string of the molecule is CCN(CC)C(=O)C1=C(C)N=c2s/c(=C/c3ccccc3OCc3cccc4ccccc34)c(=O)n2[C@H]1c1c(OC)ccc2ccccc12. The van der Waals surface area contributed by atoms with Gasteiger partial charge in [-0.1, -0.05) is 102 Å². The summed E-state index contributed by atoms with van der Waals surface area (Å²) in [6.45, 7) is 7.22. The lowest BCUT2D eigenvalue weighted by atomic mass is 9.90. The van der Waals surface area contributed by atoms with Crippen LogP contribution >= 0.6 is 11.3 Å². The van der Waals surface area contributed by atoms with E-state index in [4.69, 9.17) is 14.5 Å². The molecule has 1 aliphatic rings. The highest BCUT2D eigenvalue weighted by Gasteiger charge is 2.36. The van der Waals surface area contributed by atoms with Crippen LogP contribution < -0.4 is 24.4 Å². The van der Waals surface area contributed by atoms with E-state index in [-0.39, 0.29) is 11.5 Å². The van der Waals surface area contributed by atoms with Crippen LogP contribution in [-0.4, -0.2) is 35.6 Å². The largest absolute Gasteiger partial charge is 0.496 e. The Labute approximate surface area is 288 Å². The number of thiazole rings is 1. The summed E-state index contributed by atoms with van der Waals surface area (Å²) in [4.78, 5) is 36.1. The number of para-hydroxylation sites is 1. The second-order valence-corrected chi connectivity index (χ2v) is 12.9. The minimum absolute atomic E-state index is 0.146. The molecule has 0 saturated carbocycles. The third-order valence-electron chi connectivity index (χ3n) is 9.20. The Morgan fingerprint density at radius 2 is 1.53 bits per heavy atom. The fourth-order valence-electron chi connectivity index (χ4n) is 6.73. The highest BCUT2D eigenvalue weighted by atomic mass is 32.1. The lowest BCUT2D eigenvalue weighted by Gasteiger charge is -2.30. The van der Waals surface area contributed by atoms with Crippen LogP contribution in [0.3, 0.4) is 0 Å². The predicted octanol–water partition coefficient (Wildman–Crippen LogP) is 7.00. The van der Waals surface area contributed by atoms with Crippen molar-refractivity contribution >= 4 is 44.9 Å². The first-order valence-corrected chi connectivity index (χ1v) is 17.3. The zero-order valence-corrected chi connectivity index (χ0v) is 28.8. The molecule has 1 atom stereocenters. The highest BCUT2D eigenvalue weighted by Crippen LogP contribution is 2.40. The summed E-state index contributed by atoms with van der Waals surface area (Å²) in [7, 11) is 1.62. The van der Waals surface area contributed by atoms with E-state index in [2.05, 4.69) is 24.3 Å². The first kappa shape index (κ1) is 32.1. The number of carbonyl (C=O) groups excluding carboxylic acids is 1. The van der Waals surface area contributed by atoms with E-state index >= 15 is 0 Å². The van der Waals surface area contributed by atoms with Gasteiger partial charge < -0.3 is 14.4 Å². The number of ether oxygens (including phenoxy) is 2. The van der Waals surface area contributed by atoms with Crippen LogP contribution in [0.15, 0.2) is 124 Å². The number of methoxy groups -OCH3 is 1. The van der Waals surface area contributed by atoms with Gasteiger partial charge in [-0.3, -0.25) is 14.2 Å². The number of amides is 1. The van der Waals surface area contributed by atoms with Crippen molar-refractivity contribution < 1.29 is 14.3 Å². The van der Waals surface area contributed by atoms with E-state index < -0.39 is 6.04 Å². The molecule has 7 nitrogen and oxygen atoms in total. The van der Waals surface area contributed by atoms with E-state index in [0.29, 0.717) is 51.8 Å². The first-order valence-electron chi connectivity index (χ1n) is 16.5. The second-order valence-electron chi connectivity index (χ2n) is 11.9. The van der Waals surface area contributed by atoms with Crippen LogP contribution in [-0.2, 0) is 11.4 Å². The quantitative estimate of drug-likeness (QED) is 0.167. The number of likely N-dealkylation sites (N-methyl/N-ethyl adjacent to an activating group) is 1. The Morgan fingerprint density at radius 3 is 2.29 bits per heavy atom. The first-order chi connectivity index (χ1) is 23.9. The molecule has 7 rings (SSSR count). The van der Waals surface area contributed by atoms with Gasteiger partial charge in [0.2, 0.25) is 0 Å². The Bertz CT molecular complexity index is 2430. The molecule has 0 saturated heterocycles. The van der Waals surface area contributed by atoms with Gasteiger partial charge in [0, 0.05) is 24.2 Å². The zero-order valence-electron chi connectivity index (χ0n) is 28.0. The van der Waals surface area contributed by atoms with Crippen LogP contribution in [0.5, 0.6) is 11.5 Å². The van der Waals surface area contributed by atoms with Gasteiger partial charge in [-0.25, -0.2) is 4.99 Å². The summed E-state index contributed by atoms with van der Waals surface area (Å²) in [5, 5.41) is 4.20. The van der Waals surface area contributed by atoms with Gasteiger partial charge in [-0.05, 0) is 66.1 Å². The molecule has 1 aromatic heterocycles. The lowest BCUT2D eigenvalue weighted by molar-refractivity contribution is -0.127. The molecule has 1 amide bonds. The van der Waals surface area contributed by atoms with Gasteiger partial charge in [-0.15, -0.1) is 0 Å². The molecule has 5 aromatic carbocycles. The molecule has 1 aliphatic heterocycles. The number of nitrogens with zero attached hydrogens (tertiary/aromatic N) is 3. The van der Waals surface area contributed by atoms with Crippen molar-refractivity contribution in [1.29, 1.82) is 0 Å². The van der Waals surface area contributed by atoms with Gasteiger partial charge >= 0.3 is 0 Å². The summed E-state index contributed by atoms with van der Waals surface area (Å²) < 4.78 is 14.5. The van der Waals surface area contributed by atoms with Gasteiger partial charge in [0.15, 0.2) is 4.80 Å². The van der Waals surface area contributed by atoms with Crippen LogP contribution in [0.2, 0.25) is 0 Å². The molecule has 0 aliphatic carbocycles. The molecule has 8 heteroatoms. The van der Waals surface area contributed by atoms with Crippen molar-refractivity contribution in [1.82, 2.24) is 9.47 Å².